The topological polar surface area (TPSA) is 75.3 Å². The predicted octanol–water partition coefficient (Wildman–Crippen LogP) is 4.26. The number of nitrogens with one attached hydrogen (secondary N) is 2. The monoisotopic (exact) mass is 418 g/mol. The van der Waals surface area contributed by atoms with E-state index in [4.69, 9.17) is 23.2 Å². The van der Waals surface area contributed by atoms with Gasteiger partial charge in [0.1, 0.15) is 0 Å². The van der Waals surface area contributed by atoms with E-state index in [0.717, 1.165) is 5.56 Å². The van der Waals surface area contributed by atoms with Gasteiger partial charge in [0, 0.05) is 22.2 Å². The van der Waals surface area contributed by atoms with Gasteiger partial charge < -0.3 is 5.32 Å². The molecule has 1 unspecified atom stereocenters. The van der Waals surface area contributed by atoms with Crippen LogP contribution in [-0.2, 0) is 26.2 Å². The molecule has 5 nitrogen and oxygen atoms in total. The van der Waals surface area contributed by atoms with Gasteiger partial charge in [-0.2, -0.15) is 0 Å². The van der Waals surface area contributed by atoms with Crippen molar-refractivity contribution in [2.75, 3.05) is 5.32 Å². The number of carbonyl (C=O) groups excluding carboxylic acids is 3. The lowest BCUT2D eigenvalue weighted by Crippen LogP contribution is -2.51. The average molecular weight is 419 g/mol. The zero-order chi connectivity index (χ0) is 20.3. The molecular weight excluding hydrogens is 399 g/mol. The SMILES string of the molecule is CCC1(c2ccc(NC(=O)Cc3c(Cl)cccc3Cl)cc2)CCC(=O)NC1=O. The van der Waals surface area contributed by atoms with Crippen molar-refractivity contribution in [1.82, 2.24) is 5.32 Å². The van der Waals surface area contributed by atoms with E-state index >= 15 is 0 Å². The molecule has 2 aromatic carbocycles. The van der Waals surface area contributed by atoms with Crippen LogP contribution in [-0.4, -0.2) is 17.7 Å². The van der Waals surface area contributed by atoms with Crippen LogP contribution in [0.5, 0.6) is 0 Å². The Hall–Kier alpha value is -2.37. The summed E-state index contributed by atoms with van der Waals surface area (Å²) < 4.78 is 0. The molecular formula is C21H20Cl2N2O3. The second-order valence-corrected chi connectivity index (χ2v) is 7.63. The van der Waals surface area contributed by atoms with E-state index in [0.29, 0.717) is 40.6 Å². The van der Waals surface area contributed by atoms with Crippen LogP contribution in [0.4, 0.5) is 5.69 Å². The van der Waals surface area contributed by atoms with Crippen LogP contribution in [0.25, 0.3) is 0 Å². The highest BCUT2D eigenvalue weighted by Crippen LogP contribution is 2.36. The average Bonchev–Trinajstić information content (AvgIpc) is 2.66. The van der Waals surface area contributed by atoms with Gasteiger partial charge in [-0.3, -0.25) is 19.7 Å². The van der Waals surface area contributed by atoms with E-state index in [1.165, 1.54) is 0 Å². The van der Waals surface area contributed by atoms with Crippen molar-refractivity contribution in [3.63, 3.8) is 0 Å². The standard InChI is InChI=1S/C21H20Cl2N2O3/c1-2-21(11-10-18(26)25-20(21)28)13-6-8-14(9-7-13)24-19(27)12-15-16(22)4-3-5-17(15)23/h3-9H,2,10-12H2,1H3,(H,24,27)(H,25,26,28). The number of carbonyl (C=O) groups is 3. The molecule has 1 saturated heterocycles. The van der Waals surface area contributed by atoms with Crippen LogP contribution in [0.3, 0.4) is 0 Å². The fourth-order valence-electron chi connectivity index (χ4n) is 3.51. The Morgan fingerprint density at radius 1 is 1.11 bits per heavy atom. The van der Waals surface area contributed by atoms with Crippen LogP contribution < -0.4 is 10.6 Å². The van der Waals surface area contributed by atoms with E-state index in [9.17, 15) is 14.4 Å². The van der Waals surface area contributed by atoms with Crippen molar-refractivity contribution in [3.8, 4) is 0 Å². The third-order valence-corrected chi connectivity index (χ3v) is 5.90. The molecule has 28 heavy (non-hydrogen) atoms. The number of halogens is 2. The molecule has 0 aromatic heterocycles. The number of piperidine rings is 1. The molecule has 0 radical (unpaired) electrons. The number of anilines is 1. The molecule has 1 aliphatic rings. The molecule has 3 rings (SSSR count). The van der Waals surface area contributed by atoms with Crippen molar-refractivity contribution in [2.24, 2.45) is 0 Å². The Morgan fingerprint density at radius 3 is 2.32 bits per heavy atom. The smallest absolute Gasteiger partial charge is 0.237 e. The third kappa shape index (κ3) is 4.05. The maximum atomic E-state index is 12.5. The molecule has 3 amide bonds. The molecule has 1 aliphatic heterocycles. The molecule has 1 fully saturated rings. The van der Waals surface area contributed by atoms with E-state index in [2.05, 4.69) is 10.6 Å². The minimum atomic E-state index is -0.721. The number of hydrogen-bond acceptors (Lipinski definition) is 3. The molecule has 7 heteroatoms. The Labute approximate surface area is 173 Å². The number of rotatable bonds is 5. The summed E-state index contributed by atoms with van der Waals surface area (Å²) in [5.74, 6) is -0.749. The number of amides is 3. The van der Waals surface area contributed by atoms with Crippen molar-refractivity contribution in [3.05, 3.63) is 63.6 Å². The summed E-state index contributed by atoms with van der Waals surface area (Å²) in [7, 11) is 0. The normalized spacial score (nSPS) is 19.2. The molecule has 0 saturated carbocycles. The molecule has 1 heterocycles. The molecule has 0 aliphatic carbocycles. The number of benzene rings is 2. The van der Waals surface area contributed by atoms with Crippen molar-refractivity contribution >= 4 is 46.6 Å². The maximum Gasteiger partial charge on any atom is 0.237 e. The minimum absolute atomic E-state index is 0.0592. The highest BCUT2D eigenvalue weighted by atomic mass is 35.5. The first-order valence-electron chi connectivity index (χ1n) is 9.03. The summed E-state index contributed by atoms with van der Waals surface area (Å²) in [4.78, 5) is 36.3. The Morgan fingerprint density at radius 2 is 1.75 bits per heavy atom. The third-order valence-electron chi connectivity index (χ3n) is 5.19. The summed E-state index contributed by atoms with van der Waals surface area (Å²) in [6.07, 6.45) is 1.44. The maximum absolute atomic E-state index is 12.5. The second-order valence-electron chi connectivity index (χ2n) is 6.82. The largest absolute Gasteiger partial charge is 0.326 e. The lowest BCUT2D eigenvalue weighted by molar-refractivity contribution is -0.138. The van der Waals surface area contributed by atoms with Gasteiger partial charge >= 0.3 is 0 Å². The van der Waals surface area contributed by atoms with Gasteiger partial charge in [0.05, 0.1) is 11.8 Å². The molecule has 0 spiro atoms. The Bertz CT molecular complexity index is 907. The number of hydrogen-bond donors (Lipinski definition) is 2. The molecule has 2 aromatic rings. The van der Waals surface area contributed by atoms with Gasteiger partial charge in [-0.25, -0.2) is 0 Å². The molecule has 146 valence electrons. The van der Waals surface area contributed by atoms with E-state index < -0.39 is 5.41 Å². The van der Waals surface area contributed by atoms with Crippen molar-refractivity contribution < 1.29 is 14.4 Å². The van der Waals surface area contributed by atoms with Crippen LogP contribution in [0, 0.1) is 0 Å². The van der Waals surface area contributed by atoms with E-state index in [1.54, 1.807) is 30.3 Å². The van der Waals surface area contributed by atoms with Gasteiger partial charge in [0.25, 0.3) is 0 Å². The van der Waals surface area contributed by atoms with Gasteiger partial charge in [-0.1, -0.05) is 48.3 Å². The lowest BCUT2D eigenvalue weighted by Gasteiger charge is -2.35. The molecule has 0 bridgehead atoms. The van der Waals surface area contributed by atoms with Crippen LogP contribution in [0.2, 0.25) is 10.0 Å². The lowest BCUT2D eigenvalue weighted by atomic mass is 9.72. The predicted molar refractivity (Wildman–Crippen MR) is 110 cm³/mol. The second kappa shape index (κ2) is 8.33. The van der Waals surface area contributed by atoms with Gasteiger partial charge in [0.2, 0.25) is 17.7 Å². The minimum Gasteiger partial charge on any atom is -0.326 e. The summed E-state index contributed by atoms with van der Waals surface area (Å²) in [5.41, 5.74) is 1.29. The summed E-state index contributed by atoms with van der Waals surface area (Å²) in [6.45, 7) is 1.93. The fraction of sp³-hybridized carbons (Fsp3) is 0.286. The summed E-state index contributed by atoms with van der Waals surface area (Å²) >= 11 is 12.2. The van der Waals surface area contributed by atoms with Gasteiger partial charge in [-0.05, 0) is 48.2 Å². The molecule has 2 N–H and O–H groups in total. The van der Waals surface area contributed by atoms with Gasteiger partial charge in [-0.15, -0.1) is 0 Å². The number of imide groups is 1. The first-order valence-corrected chi connectivity index (χ1v) is 9.79. The highest BCUT2D eigenvalue weighted by molar-refractivity contribution is 6.36. The fourth-order valence-corrected chi connectivity index (χ4v) is 4.04. The zero-order valence-corrected chi connectivity index (χ0v) is 16.9. The van der Waals surface area contributed by atoms with E-state index in [-0.39, 0.29) is 24.1 Å². The quantitative estimate of drug-likeness (QED) is 0.712. The van der Waals surface area contributed by atoms with Crippen LogP contribution in [0.15, 0.2) is 42.5 Å². The van der Waals surface area contributed by atoms with Crippen LogP contribution in [0.1, 0.15) is 37.3 Å². The summed E-state index contributed by atoms with van der Waals surface area (Å²) in [6, 6.07) is 12.2. The van der Waals surface area contributed by atoms with Gasteiger partial charge in [0.15, 0.2) is 0 Å². The highest BCUT2D eigenvalue weighted by Gasteiger charge is 2.42. The Kier molecular flexibility index (Phi) is 6.06. The van der Waals surface area contributed by atoms with Crippen molar-refractivity contribution in [2.45, 2.75) is 38.0 Å². The Balaban J connectivity index is 1.73. The molecule has 1 atom stereocenters. The van der Waals surface area contributed by atoms with Crippen LogP contribution >= 0.6 is 23.2 Å². The van der Waals surface area contributed by atoms with E-state index in [1.807, 2.05) is 19.1 Å². The van der Waals surface area contributed by atoms with Crippen molar-refractivity contribution in [1.29, 1.82) is 0 Å². The summed E-state index contributed by atoms with van der Waals surface area (Å²) in [5, 5.41) is 6.13. The zero-order valence-electron chi connectivity index (χ0n) is 15.4. The first-order chi connectivity index (χ1) is 13.4. The first kappa shape index (κ1) is 20.4.